The zero-order chi connectivity index (χ0) is 11.3. The number of nitrogens with two attached hydrogens (primary N) is 1. The largest absolute Gasteiger partial charge is 0.324 e. The van der Waals surface area contributed by atoms with Gasteiger partial charge in [-0.15, -0.1) is 0 Å². The maximum Gasteiger partial charge on any atom is 0.0409 e. The van der Waals surface area contributed by atoms with Crippen LogP contribution in [0.1, 0.15) is 44.7 Å². The molecule has 0 saturated heterocycles. The quantitative estimate of drug-likeness (QED) is 0.800. The Morgan fingerprint density at radius 3 is 2.73 bits per heavy atom. The third-order valence-electron chi connectivity index (χ3n) is 2.71. The highest BCUT2D eigenvalue weighted by Crippen LogP contribution is 2.23. The summed E-state index contributed by atoms with van der Waals surface area (Å²) in [6.45, 7) is 4.47. The van der Waals surface area contributed by atoms with E-state index < -0.39 is 0 Å². The fourth-order valence-corrected chi connectivity index (χ4v) is 2.12. The summed E-state index contributed by atoms with van der Waals surface area (Å²) in [5.41, 5.74) is 7.28. The molecule has 1 aromatic rings. The van der Waals surface area contributed by atoms with Crippen molar-refractivity contribution in [3.8, 4) is 0 Å². The molecule has 2 atom stereocenters. The molecular formula is C13H20ClN. The minimum Gasteiger partial charge on any atom is -0.324 e. The van der Waals surface area contributed by atoms with Crippen LogP contribution in [-0.2, 0) is 0 Å². The second-order valence-corrected chi connectivity index (χ2v) is 4.73. The Kier molecular flexibility index (Phi) is 5.13. The predicted molar refractivity (Wildman–Crippen MR) is 67.1 cm³/mol. The first-order chi connectivity index (χ1) is 7.13. The molecule has 2 heteroatoms. The van der Waals surface area contributed by atoms with Crippen LogP contribution in [0.25, 0.3) is 0 Å². The van der Waals surface area contributed by atoms with Gasteiger partial charge in [0.2, 0.25) is 0 Å². The van der Waals surface area contributed by atoms with Gasteiger partial charge in [0.05, 0.1) is 0 Å². The summed E-state index contributed by atoms with van der Waals surface area (Å²) < 4.78 is 0. The van der Waals surface area contributed by atoms with Gasteiger partial charge in [0.25, 0.3) is 0 Å². The van der Waals surface area contributed by atoms with Crippen LogP contribution >= 0.6 is 11.6 Å². The molecule has 0 aromatic heterocycles. The van der Waals surface area contributed by atoms with Crippen LogP contribution in [-0.4, -0.2) is 0 Å². The van der Waals surface area contributed by atoms with Gasteiger partial charge in [0.1, 0.15) is 0 Å². The topological polar surface area (TPSA) is 26.0 Å². The number of hydrogen-bond donors (Lipinski definition) is 1. The highest BCUT2D eigenvalue weighted by atomic mass is 35.5. The van der Waals surface area contributed by atoms with Crippen LogP contribution in [0.2, 0.25) is 5.02 Å². The van der Waals surface area contributed by atoms with Crippen molar-refractivity contribution in [3.05, 3.63) is 34.9 Å². The van der Waals surface area contributed by atoms with Crippen molar-refractivity contribution in [2.24, 2.45) is 11.7 Å². The molecule has 0 bridgehead atoms. The van der Waals surface area contributed by atoms with Crippen molar-refractivity contribution in [3.63, 3.8) is 0 Å². The molecule has 15 heavy (non-hydrogen) atoms. The van der Waals surface area contributed by atoms with Crippen molar-refractivity contribution < 1.29 is 0 Å². The van der Waals surface area contributed by atoms with Crippen LogP contribution < -0.4 is 5.73 Å². The van der Waals surface area contributed by atoms with Crippen molar-refractivity contribution in [2.45, 2.75) is 39.2 Å². The average molecular weight is 226 g/mol. The van der Waals surface area contributed by atoms with E-state index in [4.69, 9.17) is 17.3 Å². The number of halogens is 1. The van der Waals surface area contributed by atoms with E-state index in [0.29, 0.717) is 5.92 Å². The second kappa shape index (κ2) is 6.14. The monoisotopic (exact) mass is 225 g/mol. The zero-order valence-electron chi connectivity index (χ0n) is 9.54. The maximum atomic E-state index is 6.14. The molecular weight excluding hydrogens is 206 g/mol. The van der Waals surface area contributed by atoms with E-state index in [0.717, 1.165) is 17.0 Å². The van der Waals surface area contributed by atoms with Crippen molar-refractivity contribution in [2.75, 3.05) is 0 Å². The first-order valence-electron chi connectivity index (χ1n) is 5.64. The molecule has 0 spiro atoms. The van der Waals surface area contributed by atoms with E-state index in [1.807, 2.05) is 18.2 Å². The van der Waals surface area contributed by atoms with E-state index in [1.54, 1.807) is 0 Å². The lowest BCUT2D eigenvalue weighted by atomic mass is 9.94. The molecule has 0 aliphatic carbocycles. The molecule has 0 aliphatic heterocycles. The molecule has 0 heterocycles. The Labute approximate surface area is 97.6 Å². The van der Waals surface area contributed by atoms with Gasteiger partial charge in [-0.1, -0.05) is 50.4 Å². The first-order valence-corrected chi connectivity index (χ1v) is 6.02. The van der Waals surface area contributed by atoms with Gasteiger partial charge in [0, 0.05) is 11.1 Å². The lowest BCUT2D eigenvalue weighted by molar-refractivity contribution is 0.440. The second-order valence-electron chi connectivity index (χ2n) is 4.29. The normalized spacial score (nSPS) is 14.9. The lowest BCUT2D eigenvalue weighted by Gasteiger charge is -2.17. The van der Waals surface area contributed by atoms with E-state index >= 15 is 0 Å². The fraction of sp³-hybridized carbons (Fsp3) is 0.538. The molecule has 0 saturated carbocycles. The van der Waals surface area contributed by atoms with Gasteiger partial charge >= 0.3 is 0 Å². The molecule has 2 N–H and O–H groups in total. The molecule has 1 nitrogen and oxygen atoms in total. The minimum atomic E-state index is 0.116. The van der Waals surface area contributed by atoms with Crippen LogP contribution in [0.5, 0.6) is 0 Å². The Morgan fingerprint density at radius 1 is 1.40 bits per heavy atom. The molecule has 84 valence electrons. The zero-order valence-corrected chi connectivity index (χ0v) is 10.3. The smallest absolute Gasteiger partial charge is 0.0409 e. The summed E-state index contributed by atoms with van der Waals surface area (Å²) in [6, 6.07) is 7.97. The summed E-state index contributed by atoms with van der Waals surface area (Å²) in [5.74, 6) is 0.684. The van der Waals surface area contributed by atoms with Crippen LogP contribution in [0.3, 0.4) is 0 Å². The highest BCUT2D eigenvalue weighted by molar-refractivity contribution is 6.30. The van der Waals surface area contributed by atoms with Crippen molar-refractivity contribution >= 4 is 11.6 Å². The number of hydrogen-bond acceptors (Lipinski definition) is 1. The molecule has 1 rings (SSSR count). The number of benzene rings is 1. The van der Waals surface area contributed by atoms with Crippen molar-refractivity contribution in [1.29, 1.82) is 0 Å². The van der Waals surface area contributed by atoms with Gasteiger partial charge in [-0.05, 0) is 30.0 Å². The summed E-state index contributed by atoms with van der Waals surface area (Å²) in [4.78, 5) is 0. The van der Waals surface area contributed by atoms with E-state index in [9.17, 15) is 0 Å². The summed E-state index contributed by atoms with van der Waals surface area (Å²) in [6.07, 6.45) is 3.51. The van der Waals surface area contributed by atoms with Gasteiger partial charge < -0.3 is 5.73 Å². The lowest BCUT2D eigenvalue weighted by Crippen LogP contribution is -2.14. The predicted octanol–water partition coefficient (Wildman–Crippen LogP) is 4.17. The maximum absolute atomic E-state index is 6.14. The first kappa shape index (κ1) is 12.5. The molecule has 1 aromatic carbocycles. The van der Waals surface area contributed by atoms with E-state index in [1.165, 1.54) is 12.8 Å². The SMILES string of the molecule is CCCC(C)CC(N)c1cccc(Cl)c1. The third kappa shape index (κ3) is 4.23. The Balaban J connectivity index is 2.56. The van der Waals surface area contributed by atoms with Crippen LogP contribution in [0, 0.1) is 5.92 Å². The van der Waals surface area contributed by atoms with Crippen molar-refractivity contribution in [1.82, 2.24) is 0 Å². The fourth-order valence-electron chi connectivity index (χ4n) is 1.92. The number of rotatable bonds is 5. The van der Waals surface area contributed by atoms with Gasteiger partial charge in [-0.2, -0.15) is 0 Å². The molecule has 0 radical (unpaired) electrons. The Bertz CT molecular complexity index is 298. The van der Waals surface area contributed by atoms with Gasteiger partial charge in [-0.3, -0.25) is 0 Å². The van der Waals surface area contributed by atoms with Gasteiger partial charge in [-0.25, -0.2) is 0 Å². The Morgan fingerprint density at radius 2 is 2.13 bits per heavy atom. The molecule has 0 amide bonds. The highest BCUT2D eigenvalue weighted by Gasteiger charge is 2.10. The average Bonchev–Trinajstić information content (AvgIpc) is 2.18. The summed E-state index contributed by atoms with van der Waals surface area (Å²) >= 11 is 5.93. The minimum absolute atomic E-state index is 0.116. The van der Waals surface area contributed by atoms with Gasteiger partial charge in [0.15, 0.2) is 0 Å². The summed E-state index contributed by atoms with van der Waals surface area (Å²) in [5, 5.41) is 0.770. The van der Waals surface area contributed by atoms with E-state index in [2.05, 4.69) is 19.9 Å². The third-order valence-corrected chi connectivity index (χ3v) is 2.95. The van der Waals surface area contributed by atoms with E-state index in [-0.39, 0.29) is 6.04 Å². The van der Waals surface area contributed by atoms with Crippen LogP contribution in [0.15, 0.2) is 24.3 Å². The standard InChI is InChI=1S/C13H20ClN/c1-3-5-10(2)8-13(15)11-6-4-7-12(14)9-11/h4,6-7,9-10,13H,3,5,8,15H2,1-2H3. The Hall–Kier alpha value is -0.530. The molecule has 0 fully saturated rings. The van der Waals surface area contributed by atoms with Crippen LogP contribution in [0.4, 0.5) is 0 Å². The summed E-state index contributed by atoms with van der Waals surface area (Å²) in [7, 11) is 0. The molecule has 2 unspecified atom stereocenters. The molecule has 0 aliphatic rings.